The van der Waals surface area contributed by atoms with Gasteiger partial charge in [0.15, 0.2) is 5.75 Å². The van der Waals surface area contributed by atoms with Crippen molar-refractivity contribution in [2.24, 2.45) is 0 Å². The Kier molecular flexibility index (Phi) is 1.72. The summed E-state index contributed by atoms with van der Waals surface area (Å²) in [5.41, 5.74) is 6.50. The van der Waals surface area contributed by atoms with Gasteiger partial charge in [-0.3, -0.25) is 0 Å². The molecule has 0 atom stereocenters. The quantitative estimate of drug-likeness (QED) is 0.447. The molecule has 0 aromatic heterocycles. The SMILES string of the molecule is Cc1ccc(N)c(O)c1Cl. The van der Waals surface area contributed by atoms with Crippen molar-refractivity contribution in [3.05, 3.63) is 22.7 Å². The summed E-state index contributed by atoms with van der Waals surface area (Å²) >= 11 is 5.65. The first-order valence-corrected chi connectivity index (χ1v) is 3.24. The van der Waals surface area contributed by atoms with Crippen LogP contribution in [0.4, 0.5) is 5.69 Å². The molecule has 0 unspecified atom stereocenters. The third kappa shape index (κ3) is 1.02. The van der Waals surface area contributed by atoms with Gasteiger partial charge in [-0.05, 0) is 18.6 Å². The molecule has 0 fully saturated rings. The number of phenols is 1. The Labute approximate surface area is 64.2 Å². The molecule has 10 heavy (non-hydrogen) atoms. The van der Waals surface area contributed by atoms with Gasteiger partial charge < -0.3 is 10.8 Å². The maximum atomic E-state index is 9.13. The monoisotopic (exact) mass is 157 g/mol. The lowest BCUT2D eigenvalue weighted by molar-refractivity contribution is 0.478. The van der Waals surface area contributed by atoms with Crippen LogP contribution in [0.5, 0.6) is 5.75 Å². The Morgan fingerprint density at radius 1 is 1.50 bits per heavy atom. The van der Waals surface area contributed by atoms with E-state index < -0.39 is 0 Å². The summed E-state index contributed by atoms with van der Waals surface area (Å²) < 4.78 is 0. The van der Waals surface area contributed by atoms with Crippen molar-refractivity contribution in [1.29, 1.82) is 0 Å². The minimum Gasteiger partial charge on any atom is -0.504 e. The van der Waals surface area contributed by atoms with Crippen molar-refractivity contribution in [1.82, 2.24) is 0 Å². The summed E-state index contributed by atoms with van der Waals surface area (Å²) in [4.78, 5) is 0. The first-order chi connectivity index (χ1) is 4.63. The molecule has 0 aliphatic heterocycles. The summed E-state index contributed by atoms with van der Waals surface area (Å²) in [6.07, 6.45) is 0. The van der Waals surface area contributed by atoms with Gasteiger partial charge in [-0.25, -0.2) is 0 Å². The Bertz CT molecular complexity index is 233. The maximum absolute atomic E-state index is 9.13. The molecule has 0 aliphatic carbocycles. The number of anilines is 1. The molecule has 1 aromatic carbocycles. The van der Waals surface area contributed by atoms with E-state index in [1.165, 1.54) is 0 Å². The molecule has 0 amide bonds. The van der Waals surface area contributed by atoms with Gasteiger partial charge in [-0.15, -0.1) is 0 Å². The van der Waals surface area contributed by atoms with E-state index in [4.69, 9.17) is 22.4 Å². The van der Waals surface area contributed by atoms with Crippen LogP contribution in [0.25, 0.3) is 0 Å². The van der Waals surface area contributed by atoms with E-state index >= 15 is 0 Å². The van der Waals surface area contributed by atoms with Crippen molar-refractivity contribution in [2.75, 3.05) is 5.73 Å². The van der Waals surface area contributed by atoms with Crippen LogP contribution in [-0.2, 0) is 0 Å². The van der Waals surface area contributed by atoms with Gasteiger partial charge in [0.2, 0.25) is 0 Å². The number of phenolic OH excluding ortho intramolecular Hbond substituents is 1. The van der Waals surface area contributed by atoms with Gasteiger partial charge in [-0.2, -0.15) is 0 Å². The second-order valence-corrected chi connectivity index (χ2v) is 2.51. The van der Waals surface area contributed by atoms with Gasteiger partial charge in [0.25, 0.3) is 0 Å². The number of aromatic hydroxyl groups is 1. The largest absolute Gasteiger partial charge is 0.504 e. The van der Waals surface area contributed by atoms with Crippen LogP contribution in [0, 0.1) is 6.92 Å². The van der Waals surface area contributed by atoms with E-state index in [0.717, 1.165) is 5.56 Å². The standard InChI is InChI=1S/C7H8ClNO/c1-4-2-3-5(9)7(10)6(4)8/h2-3,10H,9H2,1H3. The van der Waals surface area contributed by atoms with Crippen molar-refractivity contribution in [3.63, 3.8) is 0 Å². The number of rotatable bonds is 0. The second-order valence-electron chi connectivity index (χ2n) is 2.13. The predicted octanol–water partition coefficient (Wildman–Crippen LogP) is 1.94. The van der Waals surface area contributed by atoms with Gasteiger partial charge in [0.05, 0.1) is 10.7 Å². The molecule has 0 bridgehead atoms. The van der Waals surface area contributed by atoms with Crippen LogP contribution in [0.2, 0.25) is 5.02 Å². The summed E-state index contributed by atoms with van der Waals surface area (Å²) in [6, 6.07) is 3.38. The first kappa shape index (κ1) is 7.22. The molecule has 0 heterocycles. The molecule has 2 nitrogen and oxygen atoms in total. The van der Waals surface area contributed by atoms with Crippen molar-refractivity contribution >= 4 is 17.3 Å². The van der Waals surface area contributed by atoms with E-state index in [1.807, 2.05) is 6.92 Å². The number of aryl methyl sites for hydroxylation is 1. The van der Waals surface area contributed by atoms with Crippen molar-refractivity contribution in [3.8, 4) is 5.75 Å². The molecule has 0 aliphatic rings. The van der Waals surface area contributed by atoms with Crippen LogP contribution >= 0.6 is 11.6 Å². The van der Waals surface area contributed by atoms with Crippen LogP contribution in [-0.4, -0.2) is 5.11 Å². The fourth-order valence-electron chi connectivity index (χ4n) is 0.680. The van der Waals surface area contributed by atoms with Crippen molar-refractivity contribution < 1.29 is 5.11 Å². The molecular weight excluding hydrogens is 150 g/mol. The molecule has 1 aromatic rings. The average Bonchev–Trinajstić information content (AvgIpc) is 1.93. The van der Waals surface area contributed by atoms with Crippen LogP contribution < -0.4 is 5.73 Å². The van der Waals surface area contributed by atoms with Gasteiger partial charge >= 0.3 is 0 Å². The minimum absolute atomic E-state index is 0.0262. The lowest BCUT2D eigenvalue weighted by Crippen LogP contribution is -1.86. The smallest absolute Gasteiger partial charge is 0.157 e. The van der Waals surface area contributed by atoms with Gasteiger partial charge in [0.1, 0.15) is 0 Å². The molecular formula is C7H8ClNO. The zero-order valence-electron chi connectivity index (χ0n) is 5.56. The van der Waals surface area contributed by atoms with E-state index in [0.29, 0.717) is 10.7 Å². The van der Waals surface area contributed by atoms with E-state index in [9.17, 15) is 0 Å². The topological polar surface area (TPSA) is 46.2 Å². The lowest BCUT2D eigenvalue weighted by atomic mass is 10.2. The molecule has 3 heteroatoms. The minimum atomic E-state index is -0.0262. The summed E-state index contributed by atoms with van der Waals surface area (Å²) in [6.45, 7) is 1.81. The highest BCUT2D eigenvalue weighted by Crippen LogP contribution is 2.31. The zero-order valence-corrected chi connectivity index (χ0v) is 6.31. The highest BCUT2D eigenvalue weighted by Gasteiger charge is 2.03. The summed E-state index contributed by atoms with van der Waals surface area (Å²) in [7, 11) is 0. The Morgan fingerprint density at radius 2 is 2.10 bits per heavy atom. The molecule has 54 valence electrons. The Balaban J connectivity index is 3.34. The lowest BCUT2D eigenvalue weighted by Gasteiger charge is -2.02. The van der Waals surface area contributed by atoms with E-state index in [1.54, 1.807) is 12.1 Å². The third-order valence-electron chi connectivity index (χ3n) is 1.34. The molecule has 3 N–H and O–H groups in total. The average molecular weight is 158 g/mol. The van der Waals surface area contributed by atoms with E-state index in [2.05, 4.69) is 0 Å². The van der Waals surface area contributed by atoms with Gasteiger partial charge in [0, 0.05) is 0 Å². The normalized spacial score (nSPS) is 9.80. The number of nitrogen functional groups attached to an aromatic ring is 1. The van der Waals surface area contributed by atoms with Crippen LogP contribution in [0.1, 0.15) is 5.56 Å². The maximum Gasteiger partial charge on any atom is 0.157 e. The van der Waals surface area contributed by atoms with Gasteiger partial charge in [-0.1, -0.05) is 17.7 Å². The fraction of sp³-hybridized carbons (Fsp3) is 0.143. The molecule has 0 saturated heterocycles. The Hall–Kier alpha value is -0.890. The number of halogens is 1. The number of hydrogen-bond acceptors (Lipinski definition) is 2. The molecule has 0 spiro atoms. The van der Waals surface area contributed by atoms with Crippen LogP contribution in [0.3, 0.4) is 0 Å². The second kappa shape index (κ2) is 2.39. The predicted molar refractivity (Wildman–Crippen MR) is 42.3 cm³/mol. The van der Waals surface area contributed by atoms with Crippen molar-refractivity contribution in [2.45, 2.75) is 6.92 Å². The Morgan fingerprint density at radius 3 is 2.60 bits per heavy atom. The molecule has 0 saturated carbocycles. The zero-order chi connectivity index (χ0) is 7.72. The molecule has 1 rings (SSSR count). The number of benzene rings is 1. The summed E-state index contributed by atoms with van der Waals surface area (Å²) in [5.74, 6) is -0.0262. The number of nitrogens with two attached hydrogens (primary N) is 1. The third-order valence-corrected chi connectivity index (χ3v) is 1.82. The first-order valence-electron chi connectivity index (χ1n) is 2.86. The van der Waals surface area contributed by atoms with Crippen LogP contribution in [0.15, 0.2) is 12.1 Å². The highest BCUT2D eigenvalue weighted by atomic mass is 35.5. The highest BCUT2D eigenvalue weighted by molar-refractivity contribution is 6.33. The fourth-order valence-corrected chi connectivity index (χ4v) is 0.852. The molecule has 0 radical (unpaired) electrons. The van der Waals surface area contributed by atoms with E-state index in [-0.39, 0.29) is 5.75 Å². The summed E-state index contributed by atoms with van der Waals surface area (Å²) in [5, 5.41) is 9.46. The number of hydrogen-bond donors (Lipinski definition) is 2.